The van der Waals surface area contributed by atoms with E-state index < -0.39 is 30.6 Å². The number of thiophene rings is 1. The molecule has 0 aliphatic heterocycles. The maximum atomic E-state index is 12.1. The summed E-state index contributed by atoms with van der Waals surface area (Å²) in [5.74, 6) is -2.36. The molecule has 2 rings (SSSR count). The molecule has 3 N–H and O–H groups in total. The predicted molar refractivity (Wildman–Crippen MR) is 87.2 cm³/mol. The van der Waals surface area contributed by atoms with E-state index in [0.717, 1.165) is 35.4 Å². The number of carbonyl (C=O) groups excluding carboxylic acids is 2. The van der Waals surface area contributed by atoms with E-state index in [1.807, 2.05) is 12.1 Å². The molecule has 1 unspecified atom stereocenters. The number of rotatable bonds is 5. The van der Waals surface area contributed by atoms with E-state index in [4.69, 9.17) is 0 Å². The van der Waals surface area contributed by atoms with Gasteiger partial charge >= 0.3 is 18.0 Å². The number of alkyl halides is 3. The molecule has 1 aliphatic rings. The number of carbonyl (C=O) groups is 2. The monoisotopic (exact) mass is 378 g/mol. The van der Waals surface area contributed by atoms with E-state index in [1.54, 1.807) is 12.2 Å². The second kappa shape index (κ2) is 7.74. The molecule has 5 nitrogen and oxygen atoms in total. The van der Waals surface area contributed by atoms with Crippen molar-refractivity contribution in [1.29, 1.82) is 0 Å². The minimum absolute atomic E-state index is 0.186. The maximum absolute atomic E-state index is 12.1. The molecule has 1 aromatic rings. The quantitative estimate of drug-likeness (QED) is 0.689. The number of amides is 2. The van der Waals surface area contributed by atoms with Crippen molar-refractivity contribution in [2.24, 2.45) is 0 Å². The second-order valence-corrected chi connectivity index (χ2v) is 7.46. The zero-order valence-corrected chi connectivity index (χ0v) is 14.6. The standard InChI is InChI=1S/C16H21F3N2O3S/c1-10(22)11-4-5-12(25-11)15(6-2-3-7-15)8-20-13(23)14(24)21-9-16(17,18)19/h4-5,10,22H,2-3,6-9H2,1H3,(H,20,23)(H,21,24). The molecule has 9 heteroatoms. The molecule has 1 saturated carbocycles. The molecule has 1 aromatic heterocycles. The van der Waals surface area contributed by atoms with Crippen molar-refractivity contribution in [1.82, 2.24) is 10.6 Å². The lowest BCUT2D eigenvalue weighted by Crippen LogP contribution is -2.47. The summed E-state index contributed by atoms with van der Waals surface area (Å²) in [5.41, 5.74) is -0.336. The van der Waals surface area contributed by atoms with Crippen LogP contribution in [-0.4, -0.2) is 36.2 Å². The first-order valence-electron chi connectivity index (χ1n) is 8.04. The van der Waals surface area contributed by atoms with Gasteiger partial charge in [-0.15, -0.1) is 11.3 Å². The Morgan fingerprint density at radius 2 is 1.84 bits per heavy atom. The van der Waals surface area contributed by atoms with Crippen molar-refractivity contribution in [3.8, 4) is 0 Å². The molecule has 0 bridgehead atoms. The van der Waals surface area contributed by atoms with Gasteiger partial charge in [-0.2, -0.15) is 13.2 Å². The summed E-state index contributed by atoms with van der Waals surface area (Å²) in [5, 5.41) is 13.7. The van der Waals surface area contributed by atoms with Crippen LogP contribution < -0.4 is 10.6 Å². The van der Waals surface area contributed by atoms with Crippen LogP contribution in [0.25, 0.3) is 0 Å². The van der Waals surface area contributed by atoms with Crippen molar-refractivity contribution in [3.63, 3.8) is 0 Å². The van der Waals surface area contributed by atoms with Crippen molar-refractivity contribution in [2.45, 2.75) is 50.3 Å². The first kappa shape index (κ1) is 19.7. The topological polar surface area (TPSA) is 78.4 Å². The second-order valence-electron chi connectivity index (χ2n) is 6.35. The molecule has 140 valence electrons. The van der Waals surface area contributed by atoms with Crippen LogP contribution in [0.3, 0.4) is 0 Å². The lowest BCUT2D eigenvalue weighted by molar-refractivity contribution is -0.146. The lowest BCUT2D eigenvalue weighted by Gasteiger charge is -2.28. The molecule has 1 aliphatic carbocycles. The molecule has 0 aromatic carbocycles. The summed E-state index contributed by atoms with van der Waals surface area (Å²) in [4.78, 5) is 25.1. The van der Waals surface area contributed by atoms with Crippen molar-refractivity contribution < 1.29 is 27.9 Å². The number of nitrogens with one attached hydrogen (secondary N) is 2. The SMILES string of the molecule is CC(O)c1ccc(C2(CNC(=O)C(=O)NCC(F)(F)F)CCCC2)s1. The average Bonchev–Trinajstić information content (AvgIpc) is 3.19. The summed E-state index contributed by atoms with van der Waals surface area (Å²) < 4.78 is 36.3. The highest BCUT2D eigenvalue weighted by Crippen LogP contribution is 2.44. The highest BCUT2D eigenvalue weighted by Gasteiger charge is 2.38. The fourth-order valence-corrected chi connectivity index (χ4v) is 4.20. The van der Waals surface area contributed by atoms with Crippen LogP contribution in [-0.2, 0) is 15.0 Å². The largest absolute Gasteiger partial charge is 0.405 e. The number of halogens is 3. The Kier molecular flexibility index (Phi) is 6.10. The molecular formula is C16H21F3N2O3S. The minimum Gasteiger partial charge on any atom is -0.388 e. The van der Waals surface area contributed by atoms with E-state index in [-0.39, 0.29) is 12.0 Å². The molecule has 1 fully saturated rings. The highest BCUT2D eigenvalue weighted by atomic mass is 32.1. The number of aliphatic hydroxyl groups is 1. The number of aliphatic hydroxyl groups excluding tert-OH is 1. The van der Waals surface area contributed by atoms with E-state index in [2.05, 4.69) is 5.32 Å². The van der Waals surface area contributed by atoms with Gasteiger partial charge in [0.25, 0.3) is 0 Å². The molecule has 0 radical (unpaired) electrons. The maximum Gasteiger partial charge on any atom is 0.405 e. The Bertz CT molecular complexity index is 622. The average molecular weight is 378 g/mol. The van der Waals surface area contributed by atoms with Crippen molar-refractivity contribution in [3.05, 3.63) is 21.9 Å². The fraction of sp³-hybridized carbons (Fsp3) is 0.625. The third-order valence-electron chi connectivity index (χ3n) is 4.36. The van der Waals surface area contributed by atoms with Crippen LogP contribution in [0.1, 0.15) is 48.5 Å². The van der Waals surface area contributed by atoms with Crippen molar-refractivity contribution in [2.75, 3.05) is 13.1 Å². The minimum atomic E-state index is -4.56. The van der Waals surface area contributed by atoms with Crippen molar-refractivity contribution >= 4 is 23.2 Å². The van der Waals surface area contributed by atoms with Crippen LogP contribution in [0.4, 0.5) is 13.2 Å². The zero-order chi connectivity index (χ0) is 18.7. The summed E-state index contributed by atoms with van der Waals surface area (Å²) >= 11 is 1.46. The van der Waals surface area contributed by atoms with Gasteiger partial charge in [-0.05, 0) is 31.9 Å². The van der Waals surface area contributed by atoms with Gasteiger partial charge in [0.15, 0.2) is 0 Å². The van der Waals surface area contributed by atoms with Gasteiger partial charge in [-0.1, -0.05) is 12.8 Å². The summed E-state index contributed by atoms with van der Waals surface area (Å²) in [6.07, 6.45) is -1.57. The Balaban J connectivity index is 1.99. The summed E-state index contributed by atoms with van der Waals surface area (Å²) in [6, 6.07) is 3.75. The number of hydrogen-bond donors (Lipinski definition) is 3. The molecule has 25 heavy (non-hydrogen) atoms. The normalized spacial score (nSPS) is 18.0. The van der Waals surface area contributed by atoms with Gasteiger partial charge in [0.1, 0.15) is 6.54 Å². The van der Waals surface area contributed by atoms with E-state index in [0.29, 0.717) is 0 Å². The van der Waals surface area contributed by atoms with Gasteiger partial charge in [0, 0.05) is 21.7 Å². The molecule has 0 spiro atoms. The van der Waals surface area contributed by atoms with E-state index in [1.165, 1.54) is 11.3 Å². The van der Waals surface area contributed by atoms with Gasteiger partial charge in [-0.3, -0.25) is 9.59 Å². The summed E-state index contributed by atoms with van der Waals surface area (Å²) in [6.45, 7) is 0.321. The first-order chi connectivity index (χ1) is 11.6. The zero-order valence-electron chi connectivity index (χ0n) is 13.8. The Labute approximate surface area is 147 Å². The predicted octanol–water partition coefficient (Wildman–Crippen LogP) is 2.41. The van der Waals surface area contributed by atoms with E-state index >= 15 is 0 Å². The van der Waals surface area contributed by atoms with Gasteiger partial charge in [0.2, 0.25) is 0 Å². The molecule has 1 heterocycles. The van der Waals surface area contributed by atoms with Gasteiger partial charge < -0.3 is 15.7 Å². The Hall–Kier alpha value is -1.61. The van der Waals surface area contributed by atoms with Gasteiger partial charge in [-0.25, -0.2) is 0 Å². The molecule has 2 amide bonds. The van der Waals surface area contributed by atoms with Crippen LogP contribution >= 0.6 is 11.3 Å². The van der Waals surface area contributed by atoms with E-state index in [9.17, 15) is 27.9 Å². The molecular weight excluding hydrogens is 357 g/mol. The number of hydrogen-bond acceptors (Lipinski definition) is 4. The molecule has 0 saturated heterocycles. The highest BCUT2D eigenvalue weighted by molar-refractivity contribution is 7.12. The Morgan fingerprint density at radius 1 is 1.24 bits per heavy atom. The third-order valence-corrected chi connectivity index (χ3v) is 5.87. The summed E-state index contributed by atoms with van der Waals surface area (Å²) in [7, 11) is 0. The van der Waals surface area contributed by atoms with Gasteiger partial charge in [0.05, 0.1) is 6.10 Å². The lowest BCUT2D eigenvalue weighted by atomic mass is 9.84. The third kappa shape index (κ3) is 5.18. The van der Waals surface area contributed by atoms with Crippen LogP contribution in [0.5, 0.6) is 0 Å². The smallest absolute Gasteiger partial charge is 0.388 e. The first-order valence-corrected chi connectivity index (χ1v) is 8.86. The van der Waals surface area contributed by atoms with Crippen LogP contribution in [0.2, 0.25) is 0 Å². The van der Waals surface area contributed by atoms with Crippen LogP contribution in [0, 0.1) is 0 Å². The fourth-order valence-electron chi connectivity index (χ4n) is 3.01. The molecule has 1 atom stereocenters. The van der Waals surface area contributed by atoms with Crippen LogP contribution in [0.15, 0.2) is 12.1 Å². The Morgan fingerprint density at radius 3 is 2.36 bits per heavy atom.